The lowest BCUT2D eigenvalue weighted by Crippen LogP contribution is -2.36. The van der Waals surface area contributed by atoms with Crippen LogP contribution in [0.4, 0.5) is 5.69 Å². The van der Waals surface area contributed by atoms with Gasteiger partial charge in [0.2, 0.25) is 0 Å². The number of aryl methyl sites for hydroxylation is 2. The van der Waals surface area contributed by atoms with Gasteiger partial charge in [-0.3, -0.25) is 14.4 Å². The predicted molar refractivity (Wildman–Crippen MR) is 113 cm³/mol. The highest BCUT2D eigenvalue weighted by molar-refractivity contribution is 5.95. The number of nitriles is 1. The first-order valence-electron chi connectivity index (χ1n) is 9.63. The summed E-state index contributed by atoms with van der Waals surface area (Å²) in [5.74, 6) is -1.26. The van der Waals surface area contributed by atoms with E-state index in [0.717, 1.165) is 15.8 Å². The maximum Gasteiger partial charge on any atom is 0.328 e. The number of fused-ring (bicyclic) bond motifs is 1. The fourth-order valence-electron chi connectivity index (χ4n) is 3.18. The van der Waals surface area contributed by atoms with Crippen LogP contribution >= 0.6 is 0 Å². The second-order valence-electron chi connectivity index (χ2n) is 7.03. The molecule has 3 rings (SSSR count). The fraction of sp³-hybridized carbons (Fsp3) is 0.273. The minimum Gasteiger partial charge on any atom is -0.454 e. The van der Waals surface area contributed by atoms with E-state index in [1.807, 2.05) is 38.1 Å². The van der Waals surface area contributed by atoms with Crippen LogP contribution in [0.15, 0.2) is 47.3 Å². The van der Waals surface area contributed by atoms with Gasteiger partial charge in [0.05, 0.1) is 17.9 Å². The molecular weight excluding hydrogens is 398 g/mol. The number of carbonyl (C=O) groups is 2. The maximum atomic E-state index is 12.7. The second kappa shape index (κ2) is 9.63. The van der Waals surface area contributed by atoms with Crippen LogP contribution < -0.4 is 10.5 Å². The molecule has 2 aromatic carbocycles. The smallest absolute Gasteiger partial charge is 0.328 e. The molecule has 0 N–H and O–H groups in total. The van der Waals surface area contributed by atoms with Crippen molar-refractivity contribution < 1.29 is 14.3 Å². The van der Waals surface area contributed by atoms with E-state index in [2.05, 4.69) is 10.3 Å². The normalized spacial score (nSPS) is 10.5. The maximum absolute atomic E-state index is 12.7. The van der Waals surface area contributed by atoms with Gasteiger partial charge in [-0.25, -0.2) is 0 Å². The molecule has 0 unspecified atom stereocenters. The number of amides is 1. The molecule has 0 bridgehead atoms. The Hall–Kier alpha value is -4.06. The van der Waals surface area contributed by atoms with Crippen molar-refractivity contribution in [2.45, 2.75) is 26.8 Å². The van der Waals surface area contributed by atoms with Gasteiger partial charge in [-0.05, 0) is 49.2 Å². The van der Waals surface area contributed by atoms with E-state index in [1.165, 1.54) is 4.90 Å². The number of nitrogens with zero attached hydrogens (tertiary/aromatic N) is 5. The summed E-state index contributed by atoms with van der Waals surface area (Å²) in [4.78, 5) is 38.8. The molecule has 0 spiro atoms. The van der Waals surface area contributed by atoms with Gasteiger partial charge in [0.25, 0.3) is 11.5 Å². The van der Waals surface area contributed by atoms with Gasteiger partial charge in [-0.2, -0.15) is 9.94 Å². The average molecular weight is 419 g/mol. The number of esters is 1. The lowest BCUT2D eigenvalue weighted by atomic mass is 10.1. The molecule has 1 heterocycles. The van der Waals surface area contributed by atoms with Gasteiger partial charge >= 0.3 is 5.97 Å². The third-order valence-corrected chi connectivity index (χ3v) is 4.53. The van der Waals surface area contributed by atoms with Crippen LogP contribution in [0.25, 0.3) is 10.9 Å². The number of aromatic nitrogens is 3. The molecular formula is C22H21N5O4. The minimum absolute atomic E-state index is 0.134. The van der Waals surface area contributed by atoms with Crippen LogP contribution in [0.5, 0.6) is 0 Å². The Bertz CT molecular complexity index is 1210. The molecule has 0 fully saturated rings. The van der Waals surface area contributed by atoms with E-state index >= 15 is 0 Å². The summed E-state index contributed by atoms with van der Waals surface area (Å²) in [5.41, 5.74) is 2.52. The molecule has 1 aromatic heterocycles. The zero-order chi connectivity index (χ0) is 22.4. The summed E-state index contributed by atoms with van der Waals surface area (Å²) in [6.07, 6.45) is 0.134. The summed E-state index contributed by atoms with van der Waals surface area (Å²) in [7, 11) is 0. The first-order valence-corrected chi connectivity index (χ1v) is 9.63. The highest BCUT2D eigenvalue weighted by atomic mass is 16.5. The summed E-state index contributed by atoms with van der Waals surface area (Å²) in [5, 5.41) is 16.9. The van der Waals surface area contributed by atoms with E-state index in [4.69, 9.17) is 10.00 Å². The van der Waals surface area contributed by atoms with Crippen LogP contribution in [0.2, 0.25) is 0 Å². The van der Waals surface area contributed by atoms with Crippen LogP contribution in [-0.2, 0) is 20.9 Å². The summed E-state index contributed by atoms with van der Waals surface area (Å²) >= 11 is 0. The average Bonchev–Trinajstić information content (AvgIpc) is 2.74. The number of carbonyl (C=O) groups excluding carboxylic acids is 2. The number of hydrogen-bond donors (Lipinski definition) is 0. The molecule has 0 atom stereocenters. The molecule has 158 valence electrons. The topological polar surface area (TPSA) is 118 Å². The number of benzene rings is 2. The van der Waals surface area contributed by atoms with Crippen molar-refractivity contribution in [3.05, 3.63) is 63.9 Å². The summed E-state index contributed by atoms with van der Waals surface area (Å²) in [6.45, 7) is 3.00. The quantitative estimate of drug-likeness (QED) is 0.537. The van der Waals surface area contributed by atoms with Crippen LogP contribution in [0.3, 0.4) is 0 Å². The SMILES string of the molecule is Cc1cc(C)cc(N(CCC#N)C(=O)COC(=O)Cn2nnc3ccccc3c2=O)c1. The van der Waals surface area contributed by atoms with Gasteiger partial charge in [0, 0.05) is 12.2 Å². The van der Waals surface area contributed by atoms with E-state index in [0.29, 0.717) is 16.6 Å². The van der Waals surface area contributed by atoms with Gasteiger partial charge in [-0.1, -0.05) is 23.4 Å². The van der Waals surface area contributed by atoms with Crippen molar-refractivity contribution in [1.29, 1.82) is 5.26 Å². The van der Waals surface area contributed by atoms with Crippen molar-refractivity contribution in [2.24, 2.45) is 0 Å². The second-order valence-corrected chi connectivity index (χ2v) is 7.03. The van der Waals surface area contributed by atoms with Crippen LogP contribution in [-0.4, -0.2) is 40.0 Å². The third-order valence-electron chi connectivity index (χ3n) is 4.53. The molecule has 0 aliphatic heterocycles. The van der Waals surface area contributed by atoms with E-state index in [1.54, 1.807) is 24.3 Å². The molecule has 0 aliphatic carbocycles. The van der Waals surface area contributed by atoms with E-state index in [9.17, 15) is 14.4 Å². The summed E-state index contributed by atoms with van der Waals surface area (Å²) < 4.78 is 5.97. The Labute approximate surface area is 178 Å². The molecule has 0 aliphatic rings. The molecule has 0 radical (unpaired) electrons. The lowest BCUT2D eigenvalue weighted by Gasteiger charge is -2.22. The van der Waals surface area contributed by atoms with Crippen molar-refractivity contribution in [3.63, 3.8) is 0 Å². The molecule has 0 saturated carbocycles. The Morgan fingerprint density at radius 2 is 1.87 bits per heavy atom. The van der Waals surface area contributed by atoms with Crippen molar-refractivity contribution >= 4 is 28.5 Å². The molecule has 9 nitrogen and oxygen atoms in total. The Balaban J connectivity index is 1.69. The number of rotatable bonds is 7. The molecule has 9 heteroatoms. The van der Waals surface area contributed by atoms with Gasteiger partial charge in [0.1, 0.15) is 12.1 Å². The van der Waals surface area contributed by atoms with Gasteiger partial charge in [-0.15, -0.1) is 5.10 Å². The highest BCUT2D eigenvalue weighted by Crippen LogP contribution is 2.19. The highest BCUT2D eigenvalue weighted by Gasteiger charge is 2.19. The Morgan fingerprint density at radius 3 is 2.58 bits per heavy atom. The first kappa shape index (κ1) is 21.6. The predicted octanol–water partition coefficient (Wildman–Crippen LogP) is 1.90. The van der Waals surface area contributed by atoms with Crippen molar-refractivity contribution in [1.82, 2.24) is 15.0 Å². The fourth-order valence-corrected chi connectivity index (χ4v) is 3.18. The standard InChI is InChI=1S/C22H21N5O4/c1-15-10-16(2)12-17(11-15)26(9-5-8-23)20(28)14-31-21(29)13-27-22(30)18-6-3-4-7-19(18)24-25-27/h3-4,6-7,10-12H,5,9,13-14H2,1-2H3. The zero-order valence-electron chi connectivity index (χ0n) is 17.2. The molecule has 31 heavy (non-hydrogen) atoms. The van der Waals surface area contributed by atoms with Crippen molar-refractivity contribution in [2.75, 3.05) is 18.1 Å². The zero-order valence-corrected chi connectivity index (χ0v) is 17.2. The van der Waals surface area contributed by atoms with Crippen LogP contribution in [0.1, 0.15) is 17.5 Å². The third kappa shape index (κ3) is 5.30. The lowest BCUT2D eigenvalue weighted by molar-refractivity contribution is -0.148. The number of anilines is 1. The Kier molecular flexibility index (Phi) is 6.72. The first-order chi connectivity index (χ1) is 14.9. The molecule has 3 aromatic rings. The van der Waals surface area contributed by atoms with E-state index < -0.39 is 30.6 Å². The molecule has 0 saturated heterocycles. The van der Waals surface area contributed by atoms with Gasteiger partial charge < -0.3 is 9.64 Å². The minimum atomic E-state index is -0.791. The largest absolute Gasteiger partial charge is 0.454 e. The number of ether oxygens (including phenoxy) is 1. The van der Waals surface area contributed by atoms with Crippen molar-refractivity contribution in [3.8, 4) is 6.07 Å². The van der Waals surface area contributed by atoms with Gasteiger partial charge in [0.15, 0.2) is 6.61 Å². The van der Waals surface area contributed by atoms with E-state index in [-0.39, 0.29) is 13.0 Å². The number of hydrogen-bond acceptors (Lipinski definition) is 7. The van der Waals surface area contributed by atoms with Crippen LogP contribution in [0, 0.1) is 25.2 Å². The molecule has 1 amide bonds. The monoisotopic (exact) mass is 419 g/mol. The Morgan fingerprint density at radius 1 is 1.16 bits per heavy atom. The summed E-state index contributed by atoms with van der Waals surface area (Å²) in [6, 6.07) is 14.3.